The molecule has 0 unspecified atom stereocenters. The minimum absolute atomic E-state index is 0.382. The van der Waals surface area contributed by atoms with E-state index >= 15 is 8.63 Å². The lowest BCUT2D eigenvalue weighted by Crippen LogP contribution is -2.51. The maximum atomic E-state index is 16.3. The summed E-state index contributed by atoms with van der Waals surface area (Å²) < 4.78 is 40.9. The molecule has 6 nitrogen and oxygen atoms in total. The van der Waals surface area contributed by atoms with Crippen LogP contribution in [0.4, 0.5) is 8.63 Å². The van der Waals surface area contributed by atoms with Crippen LogP contribution in [0, 0.1) is 13.8 Å². The summed E-state index contributed by atoms with van der Waals surface area (Å²) in [6, 6.07) is 7.65. The first-order valence-corrected chi connectivity index (χ1v) is 12.2. The van der Waals surface area contributed by atoms with Gasteiger partial charge in [0.05, 0.1) is 12.2 Å². The molecule has 0 atom stereocenters. The largest absolute Gasteiger partial charge is 0.737 e. The van der Waals surface area contributed by atoms with Gasteiger partial charge in [-0.15, -0.1) is 0 Å². The molecule has 2 aliphatic heterocycles. The van der Waals surface area contributed by atoms with Gasteiger partial charge < -0.3 is 22.3 Å². The van der Waals surface area contributed by atoms with Crippen LogP contribution in [-0.4, -0.2) is 34.8 Å². The van der Waals surface area contributed by atoms with Crippen molar-refractivity contribution >= 4 is 18.3 Å². The van der Waals surface area contributed by atoms with E-state index in [4.69, 9.17) is 10.3 Å². The van der Waals surface area contributed by atoms with E-state index in [1.807, 2.05) is 65.8 Å². The Kier molecular flexibility index (Phi) is 6.65. The average Bonchev–Trinajstić information content (AvgIpc) is 3.24. The number of nitrogens with zero attached hydrogens (tertiary/aromatic N) is 5. The van der Waals surface area contributed by atoms with E-state index in [1.165, 1.54) is 8.96 Å². The smallest absolute Gasteiger partial charge is 0.494 e. The second kappa shape index (κ2) is 9.38. The van der Waals surface area contributed by atoms with Gasteiger partial charge in [0.2, 0.25) is 0 Å². The first-order chi connectivity index (χ1) is 16.7. The maximum Gasteiger partial charge on any atom is 0.737 e. The topological polar surface area (TPSA) is 65.9 Å². The summed E-state index contributed by atoms with van der Waals surface area (Å²) in [6.07, 6.45) is 2.03. The fourth-order valence-corrected chi connectivity index (χ4v) is 5.84. The number of allylic oxidation sites excluding steroid dienone is 2. The van der Waals surface area contributed by atoms with Crippen molar-refractivity contribution in [2.24, 2.45) is 5.11 Å². The normalized spacial score (nSPS) is 16.5. The quantitative estimate of drug-likeness (QED) is 0.133. The van der Waals surface area contributed by atoms with Gasteiger partial charge in [-0.2, -0.15) is 0 Å². The molecule has 0 aliphatic carbocycles. The fourth-order valence-electron chi connectivity index (χ4n) is 5.84. The predicted octanol–water partition coefficient (Wildman–Crippen LogP) is 6.96. The number of ether oxygens (including phenoxy) is 1. The highest BCUT2D eigenvalue weighted by Crippen LogP contribution is 2.47. The predicted molar refractivity (Wildman–Crippen MR) is 137 cm³/mol. The molecule has 0 amide bonds. The standard InChI is InChI=1S/C26H32BF2N5O/c1-7-22-16(3)25-24(20-10-12-21(13-11-20)35-15-9-14-31-32-30)26-17(4)23(8-2)19(6)34(26)27(28,29)33(25)18(22)5/h10-13H,7-9,14-15H2,1-6H3. The van der Waals surface area contributed by atoms with Crippen LogP contribution in [0.15, 0.2) is 46.2 Å². The summed E-state index contributed by atoms with van der Waals surface area (Å²) in [7, 11) is 0. The van der Waals surface area contributed by atoms with Gasteiger partial charge in [-0.25, -0.2) is 0 Å². The highest BCUT2D eigenvalue weighted by molar-refractivity contribution is 6.58. The SMILES string of the molecule is CCC1=C(C)C2=C(c3ccc(OCCCN=[N+]=[N-])cc3)c3c(C)c(CC)c(C)n3[B-](F)(F)[N+]2=C1C. The van der Waals surface area contributed by atoms with Crippen molar-refractivity contribution in [3.63, 3.8) is 0 Å². The number of benzene rings is 1. The number of hydrogen-bond acceptors (Lipinski definition) is 2. The highest BCUT2D eigenvalue weighted by Gasteiger charge is 2.56. The molecule has 184 valence electrons. The van der Waals surface area contributed by atoms with Gasteiger partial charge in [0.15, 0.2) is 5.70 Å². The van der Waals surface area contributed by atoms with E-state index in [2.05, 4.69) is 10.0 Å². The maximum absolute atomic E-state index is 16.3. The average molecular weight is 479 g/mol. The molecule has 0 N–H and O–H groups in total. The van der Waals surface area contributed by atoms with E-state index in [1.54, 1.807) is 0 Å². The number of aromatic nitrogens is 1. The van der Waals surface area contributed by atoms with Crippen molar-refractivity contribution in [2.45, 2.75) is 60.8 Å². The second-order valence-corrected chi connectivity index (χ2v) is 9.17. The Morgan fingerprint density at radius 2 is 1.77 bits per heavy atom. The number of azide groups is 1. The highest BCUT2D eigenvalue weighted by atomic mass is 19.2. The summed E-state index contributed by atoms with van der Waals surface area (Å²) in [6.45, 7) is 8.39. The van der Waals surface area contributed by atoms with Gasteiger partial charge in [-0.1, -0.05) is 31.1 Å². The van der Waals surface area contributed by atoms with Crippen LogP contribution in [0.2, 0.25) is 0 Å². The number of hydrogen-bond donors (Lipinski definition) is 0. The van der Waals surface area contributed by atoms with Crippen LogP contribution in [0.25, 0.3) is 16.0 Å². The third-order valence-electron chi connectivity index (χ3n) is 7.37. The summed E-state index contributed by atoms with van der Waals surface area (Å²) in [4.78, 5) is 2.74. The third-order valence-corrected chi connectivity index (χ3v) is 7.37. The van der Waals surface area contributed by atoms with Crippen molar-refractivity contribution in [1.82, 2.24) is 4.48 Å². The second-order valence-electron chi connectivity index (χ2n) is 9.17. The van der Waals surface area contributed by atoms with Crippen molar-refractivity contribution in [2.75, 3.05) is 13.2 Å². The Morgan fingerprint density at radius 1 is 1.09 bits per heavy atom. The van der Waals surface area contributed by atoms with Crippen molar-refractivity contribution in [3.05, 3.63) is 79.6 Å². The minimum Gasteiger partial charge on any atom is -0.494 e. The Balaban J connectivity index is 1.90. The fraction of sp³-hybridized carbons (Fsp3) is 0.423. The molecule has 0 fully saturated rings. The zero-order valence-corrected chi connectivity index (χ0v) is 21.3. The third kappa shape index (κ3) is 3.78. The van der Waals surface area contributed by atoms with Gasteiger partial charge in [-0.05, 0) is 80.1 Å². The van der Waals surface area contributed by atoms with Gasteiger partial charge in [-0.3, -0.25) is 0 Å². The molecule has 0 radical (unpaired) electrons. The summed E-state index contributed by atoms with van der Waals surface area (Å²) in [5.41, 5.74) is 16.4. The number of halogens is 2. The van der Waals surface area contributed by atoms with E-state index < -0.39 is 6.97 Å². The molecule has 4 rings (SSSR count). The van der Waals surface area contributed by atoms with Crippen LogP contribution in [0.5, 0.6) is 5.75 Å². The summed E-state index contributed by atoms with van der Waals surface area (Å²) in [5.74, 6) is 0.690. The van der Waals surface area contributed by atoms with Gasteiger partial charge in [0.1, 0.15) is 11.5 Å². The summed E-state index contributed by atoms with van der Waals surface area (Å²) >= 11 is 0. The van der Waals surface area contributed by atoms with Crippen molar-refractivity contribution in [1.29, 1.82) is 0 Å². The molecule has 0 bridgehead atoms. The van der Waals surface area contributed by atoms with E-state index in [0.717, 1.165) is 33.4 Å². The molecule has 2 aromatic rings. The molecular formula is C26H32BF2N5O. The zero-order valence-electron chi connectivity index (χ0n) is 21.3. The Hall–Kier alpha value is -3.32. The Morgan fingerprint density at radius 3 is 2.37 bits per heavy atom. The molecular weight excluding hydrogens is 447 g/mol. The van der Waals surface area contributed by atoms with Crippen LogP contribution in [-0.2, 0) is 6.42 Å². The van der Waals surface area contributed by atoms with Crippen LogP contribution in [0.3, 0.4) is 0 Å². The lowest BCUT2D eigenvalue weighted by molar-refractivity contribution is -0.363. The van der Waals surface area contributed by atoms with Crippen molar-refractivity contribution < 1.29 is 17.9 Å². The van der Waals surface area contributed by atoms with Crippen LogP contribution in [0.1, 0.15) is 68.6 Å². The molecule has 3 heterocycles. The van der Waals surface area contributed by atoms with Crippen molar-refractivity contribution in [3.8, 4) is 5.75 Å². The lowest BCUT2D eigenvalue weighted by atomic mass is 9.83. The minimum atomic E-state index is -4.03. The van der Waals surface area contributed by atoms with Gasteiger partial charge in [0, 0.05) is 35.2 Å². The first-order valence-electron chi connectivity index (χ1n) is 12.2. The number of fused-ring (bicyclic) bond motifs is 2. The van der Waals surface area contributed by atoms with Gasteiger partial charge in [0.25, 0.3) is 0 Å². The first kappa shape index (κ1) is 24.8. The van der Waals surface area contributed by atoms with Crippen LogP contribution < -0.4 is 4.74 Å². The molecule has 35 heavy (non-hydrogen) atoms. The van der Waals surface area contributed by atoms with E-state index in [9.17, 15) is 0 Å². The lowest BCUT2D eigenvalue weighted by Gasteiger charge is -2.34. The molecule has 0 spiro atoms. The molecule has 0 saturated heterocycles. The Labute approximate surface area is 205 Å². The van der Waals surface area contributed by atoms with E-state index in [-0.39, 0.29) is 0 Å². The van der Waals surface area contributed by atoms with Crippen LogP contribution >= 0.6 is 0 Å². The molecule has 1 aromatic carbocycles. The summed E-state index contributed by atoms with van der Waals surface area (Å²) in [5, 5.41) is 3.51. The van der Waals surface area contributed by atoms with Gasteiger partial charge >= 0.3 is 6.97 Å². The molecule has 2 aliphatic rings. The monoisotopic (exact) mass is 479 g/mol. The zero-order chi connectivity index (χ0) is 25.5. The molecule has 0 saturated carbocycles. The molecule has 1 aromatic heterocycles. The number of rotatable bonds is 8. The Bertz CT molecular complexity index is 1330. The molecule has 9 heteroatoms. The van der Waals surface area contributed by atoms with E-state index in [0.29, 0.717) is 61.0 Å².